The average molecular weight is 368 g/mol. The van der Waals surface area contributed by atoms with Gasteiger partial charge >= 0.3 is 5.97 Å². The molecule has 1 aromatic heterocycles. The number of nitrogens with zero attached hydrogens (tertiary/aromatic N) is 2. The Balaban J connectivity index is 1.56. The van der Waals surface area contributed by atoms with Crippen LogP contribution in [0.5, 0.6) is 0 Å². The van der Waals surface area contributed by atoms with Crippen molar-refractivity contribution < 1.29 is 9.53 Å². The summed E-state index contributed by atoms with van der Waals surface area (Å²) in [7, 11) is 0. The zero-order valence-electron chi connectivity index (χ0n) is 15.4. The highest BCUT2D eigenvalue weighted by Crippen LogP contribution is 2.24. The molecule has 0 aliphatic carbocycles. The van der Waals surface area contributed by atoms with Crippen LogP contribution in [0.15, 0.2) is 97.2 Å². The Morgan fingerprint density at radius 1 is 0.821 bits per heavy atom. The van der Waals surface area contributed by atoms with Gasteiger partial charge in [0.1, 0.15) is 6.61 Å². The molecule has 0 N–H and O–H groups in total. The van der Waals surface area contributed by atoms with Crippen LogP contribution in [0, 0.1) is 0 Å². The Hall–Kier alpha value is -3.66. The van der Waals surface area contributed by atoms with E-state index in [1.807, 2.05) is 102 Å². The van der Waals surface area contributed by atoms with Gasteiger partial charge in [-0.2, -0.15) is 5.10 Å². The fraction of sp³-hybridized carbons (Fsp3) is 0.0833. The predicted molar refractivity (Wildman–Crippen MR) is 109 cm³/mol. The van der Waals surface area contributed by atoms with E-state index >= 15 is 0 Å². The van der Waals surface area contributed by atoms with Gasteiger partial charge in [-0.1, -0.05) is 78.9 Å². The molecule has 0 bridgehead atoms. The smallest absolute Gasteiger partial charge is 0.310 e. The van der Waals surface area contributed by atoms with Gasteiger partial charge in [0.2, 0.25) is 0 Å². The minimum atomic E-state index is -0.252. The standard InChI is InChI=1S/C24H20N2O2/c27-23(16-19-10-4-1-5-11-19)28-18-21-17-26(22-14-8-3-9-15-22)25-24(21)20-12-6-2-7-13-20/h1-15,17H,16,18H2. The average Bonchev–Trinajstić information content (AvgIpc) is 3.19. The van der Waals surface area contributed by atoms with Crippen LogP contribution in [0.4, 0.5) is 0 Å². The molecule has 4 heteroatoms. The van der Waals surface area contributed by atoms with E-state index in [2.05, 4.69) is 0 Å². The summed E-state index contributed by atoms with van der Waals surface area (Å²) in [4.78, 5) is 12.3. The summed E-state index contributed by atoms with van der Waals surface area (Å²) >= 11 is 0. The van der Waals surface area contributed by atoms with Gasteiger partial charge < -0.3 is 4.74 Å². The molecule has 0 aliphatic heterocycles. The zero-order valence-corrected chi connectivity index (χ0v) is 15.4. The van der Waals surface area contributed by atoms with E-state index in [9.17, 15) is 4.79 Å². The van der Waals surface area contributed by atoms with Crippen molar-refractivity contribution in [3.63, 3.8) is 0 Å². The molecule has 0 radical (unpaired) electrons. The second kappa shape index (κ2) is 8.35. The molecule has 0 amide bonds. The molecule has 0 aliphatic rings. The fourth-order valence-corrected chi connectivity index (χ4v) is 3.04. The van der Waals surface area contributed by atoms with Crippen LogP contribution >= 0.6 is 0 Å². The number of benzene rings is 3. The molecule has 1 heterocycles. The summed E-state index contributed by atoms with van der Waals surface area (Å²) in [5, 5.41) is 4.74. The van der Waals surface area contributed by atoms with Gasteiger partial charge in [-0.05, 0) is 17.7 Å². The topological polar surface area (TPSA) is 44.1 Å². The summed E-state index contributed by atoms with van der Waals surface area (Å²) in [5.41, 5.74) is 4.58. The highest BCUT2D eigenvalue weighted by atomic mass is 16.5. The highest BCUT2D eigenvalue weighted by molar-refractivity contribution is 5.73. The molecule has 4 nitrogen and oxygen atoms in total. The number of rotatable bonds is 6. The molecule has 0 atom stereocenters. The maximum atomic E-state index is 12.3. The van der Waals surface area contributed by atoms with Gasteiger partial charge in [-0.25, -0.2) is 4.68 Å². The first-order valence-electron chi connectivity index (χ1n) is 9.18. The number of hydrogen-bond acceptors (Lipinski definition) is 3. The molecule has 0 saturated carbocycles. The molecule has 138 valence electrons. The van der Waals surface area contributed by atoms with Gasteiger partial charge in [-0.15, -0.1) is 0 Å². The third-order valence-corrected chi connectivity index (χ3v) is 4.44. The Morgan fingerprint density at radius 2 is 1.43 bits per heavy atom. The number of hydrogen-bond donors (Lipinski definition) is 0. The van der Waals surface area contributed by atoms with Crippen LogP contribution < -0.4 is 0 Å². The molecule has 3 aromatic carbocycles. The lowest BCUT2D eigenvalue weighted by atomic mass is 10.1. The van der Waals surface area contributed by atoms with E-state index in [1.54, 1.807) is 0 Å². The largest absolute Gasteiger partial charge is 0.460 e. The highest BCUT2D eigenvalue weighted by Gasteiger charge is 2.14. The van der Waals surface area contributed by atoms with Crippen LogP contribution in [0.2, 0.25) is 0 Å². The van der Waals surface area contributed by atoms with Gasteiger partial charge in [0, 0.05) is 17.3 Å². The van der Waals surface area contributed by atoms with Crippen molar-refractivity contribution in [3.05, 3.63) is 108 Å². The molecular weight excluding hydrogens is 348 g/mol. The van der Waals surface area contributed by atoms with Gasteiger partial charge in [0.25, 0.3) is 0 Å². The van der Waals surface area contributed by atoms with Gasteiger partial charge in [0.05, 0.1) is 17.8 Å². The number of aromatic nitrogens is 2. The molecule has 4 rings (SSSR count). The number of carbonyl (C=O) groups excluding carboxylic acids is 1. The molecule has 0 spiro atoms. The van der Waals surface area contributed by atoms with E-state index in [-0.39, 0.29) is 19.0 Å². The third-order valence-electron chi connectivity index (χ3n) is 4.44. The van der Waals surface area contributed by atoms with E-state index in [0.29, 0.717) is 0 Å². The Kier molecular flexibility index (Phi) is 5.29. The second-order valence-electron chi connectivity index (χ2n) is 6.47. The maximum Gasteiger partial charge on any atom is 0.310 e. The van der Waals surface area contributed by atoms with Crippen molar-refractivity contribution in [1.29, 1.82) is 0 Å². The summed E-state index contributed by atoms with van der Waals surface area (Å²) in [6, 6.07) is 29.4. The minimum absolute atomic E-state index is 0.183. The Morgan fingerprint density at radius 3 is 2.11 bits per heavy atom. The van der Waals surface area contributed by atoms with Gasteiger partial charge in [-0.3, -0.25) is 4.79 Å². The van der Waals surface area contributed by atoms with Crippen molar-refractivity contribution in [3.8, 4) is 16.9 Å². The van der Waals surface area contributed by atoms with Crippen molar-refractivity contribution in [2.75, 3.05) is 0 Å². The van der Waals surface area contributed by atoms with Crippen LogP contribution in [-0.2, 0) is 22.6 Å². The Labute approximate surface area is 164 Å². The van der Waals surface area contributed by atoms with E-state index < -0.39 is 0 Å². The maximum absolute atomic E-state index is 12.3. The van der Waals surface area contributed by atoms with Crippen LogP contribution in [-0.4, -0.2) is 15.7 Å². The molecule has 0 saturated heterocycles. The predicted octanol–water partition coefficient (Wildman–Crippen LogP) is 4.83. The van der Waals surface area contributed by atoms with Crippen molar-refractivity contribution in [2.45, 2.75) is 13.0 Å². The molecule has 28 heavy (non-hydrogen) atoms. The lowest BCUT2D eigenvalue weighted by Crippen LogP contribution is -2.08. The molecule has 4 aromatic rings. The zero-order chi connectivity index (χ0) is 19.2. The first kappa shape index (κ1) is 17.7. The van der Waals surface area contributed by atoms with Crippen molar-refractivity contribution in [1.82, 2.24) is 9.78 Å². The summed E-state index contributed by atoms with van der Waals surface area (Å²) in [6.07, 6.45) is 2.18. The summed E-state index contributed by atoms with van der Waals surface area (Å²) < 4.78 is 7.37. The first-order valence-corrected chi connectivity index (χ1v) is 9.18. The second-order valence-corrected chi connectivity index (χ2v) is 6.47. The molecular formula is C24H20N2O2. The third kappa shape index (κ3) is 4.18. The van der Waals surface area contributed by atoms with Crippen LogP contribution in [0.1, 0.15) is 11.1 Å². The van der Waals surface area contributed by atoms with Crippen molar-refractivity contribution >= 4 is 5.97 Å². The van der Waals surface area contributed by atoms with Crippen LogP contribution in [0.3, 0.4) is 0 Å². The molecule has 0 fully saturated rings. The van der Waals surface area contributed by atoms with E-state index in [4.69, 9.17) is 9.84 Å². The summed E-state index contributed by atoms with van der Waals surface area (Å²) in [6.45, 7) is 0.183. The lowest BCUT2D eigenvalue weighted by Gasteiger charge is -2.05. The monoisotopic (exact) mass is 368 g/mol. The number of esters is 1. The SMILES string of the molecule is O=C(Cc1ccccc1)OCc1cn(-c2ccccc2)nc1-c1ccccc1. The first-order chi connectivity index (χ1) is 13.8. The fourth-order valence-electron chi connectivity index (χ4n) is 3.04. The number of para-hydroxylation sites is 1. The van der Waals surface area contributed by atoms with E-state index in [0.717, 1.165) is 28.1 Å². The minimum Gasteiger partial charge on any atom is -0.460 e. The van der Waals surface area contributed by atoms with Crippen molar-refractivity contribution in [2.24, 2.45) is 0 Å². The molecule has 0 unspecified atom stereocenters. The normalized spacial score (nSPS) is 10.6. The lowest BCUT2D eigenvalue weighted by molar-refractivity contribution is -0.144. The van der Waals surface area contributed by atoms with Crippen LogP contribution in [0.25, 0.3) is 16.9 Å². The number of ether oxygens (including phenoxy) is 1. The van der Waals surface area contributed by atoms with Gasteiger partial charge in [0.15, 0.2) is 0 Å². The Bertz CT molecular complexity index is 1040. The van der Waals surface area contributed by atoms with E-state index in [1.165, 1.54) is 0 Å². The quantitative estimate of drug-likeness (QED) is 0.458. The summed E-state index contributed by atoms with van der Waals surface area (Å²) in [5.74, 6) is -0.252. The number of carbonyl (C=O) groups is 1.